The maximum Gasteiger partial charge on any atom is 0.170 e. The zero-order valence-electron chi connectivity index (χ0n) is 11.1. The number of hydrogen-bond donors (Lipinski definition) is 1. The Labute approximate surface area is 113 Å². The molecule has 2 heterocycles. The fourth-order valence-corrected chi connectivity index (χ4v) is 2.44. The van der Waals surface area contributed by atoms with Crippen LogP contribution in [0.15, 0.2) is 24.5 Å². The van der Waals surface area contributed by atoms with E-state index in [1.54, 1.807) is 24.5 Å². The summed E-state index contributed by atoms with van der Waals surface area (Å²) in [7, 11) is 0. The number of carbonyl (C=O) groups excluding carboxylic acids is 2. The number of hydrogen-bond acceptors (Lipinski definition) is 4. The van der Waals surface area contributed by atoms with Crippen LogP contribution in [0.5, 0.6) is 0 Å². The number of pyridine rings is 1. The highest BCUT2D eigenvalue weighted by Gasteiger charge is 2.16. The smallest absolute Gasteiger partial charge is 0.170 e. The Balaban J connectivity index is 1.73. The molecule has 1 saturated heterocycles. The van der Waals surface area contributed by atoms with Gasteiger partial charge >= 0.3 is 0 Å². The predicted octanol–water partition coefficient (Wildman–Crippen LogP) is 2.00. The van der Waals surface area contributed by atoms with Gasteiger partial charge in [-0.05, 0) is 50.4 Å². The van der Waals surface area contributed by atoms with Crippen molar-refractivity contribution in [3.63, 3.8) is 0 Å². The maximum atomic E-state index is 11.8. The molecule has 0 unspecified atom stereocenters. The van der Waals surface area contributed by atoms with Gasteiger partial charge in [-0.25, -0.2) is 0 Å². The first-order valence-corrected chi connectivity index (χ1v) is 6.91. The summed E-state index contributed by atoms with van der Waals surface area (Å²) in [5.41, 5.74) is 0.574. The van der Waals surface area contributed by atoms with E-state index in [9.17, 15) is 9.59 Å². The van der Waals surface area contributed by atoms with E-state index < -0.39 is 0 Å². The Hall–Kier alpha value is -1.55. The van der Waals surface area contributed by atoms with Gasteiger partial charge < -0.3 is 5.32 Å². The second kappa shape index (κ2) is 7.14. The summed E-state index contributed by atoms with van der Waals surface area (Å²) in [6.07, 6.45) is 6.91. The fourth-order valence-electron chi connectivity index (χ4n) is 2.44. The molecular formula is C15H20N2O2. The van der Waals surface area contributed by atoms with Crippen LogP contribution in [0, 0.1) is 5.92 Å². The zero-order chi connectivity index (χ0) is 13.5. The molecule has 102 valence electrons. The van der Waals surface area contributed by atoms with Crippen molar-refractivity contribution in [3.8, 4) is 0 Å². The number of carbonyl (C=O) groups is 2. The van der Waals surface area contributed by atoms with Crippen LogP contribution in [-0.2, 0) is 4.79 Å². The average Bonchev–Trinajstić information content (AvgIpc) is 2.47. The Morgan fingerprint density at radius 1 is 1.21 bits per heavy atom. The van der Waals surface area contributed by atoms with Gasteiger partial charge in [0.15, 0.2) is 5.78 Å². The molecule has 0 aromatic carbocycles. The van der Waals surface area contributed by atoms with Crippen LogP contribution in [-0.4, -0.2) is 29.6 Å². The highest BCUT2D eigenvalue weighted by molar-refractivity contribution is 6.07. The van der Waals surface area contributed by atoms with Crippen LogP contribution in [0.2, 0.25) is 0 Å². The average molecular weight is 260 g/mol. The highest BCUT2D eigenvalue weighted by Crippen LogP contribution is 2.18. The summed E-state index contributed by atoms with van der Waals surface area (Å²) < 4.78 is 0. The van der Waals surface area contributed by atoms with Crippen molar-refractivity contribution < 1.29 is 9.59 Å². The van der Waals surface area contributed by atoms with Crippen molar-refractivity contribution in [2.45, 2.75) is 32.1 Å². The number of rotatable bonds is 6. The molecule has 0 aliphatic carbocycles. The van der Waals surface area contributed by atoms with E-state index in [4.69, 9.17) is 0 Å². The van der Waals surface area contributed by atoms with Crippen molar-refractivity contribution in [2.75, 3.05) is 13.1 Å². The third-order valence-corrected chi connectivity index (χ3v) is 3.65. The van der Waals surface area contributed by atoms with E-state index in [0.29, 0.717) is 17.9 Å². The molecule has 1 aromatic heterocycles. The highest BCUT2D eigenvalue weighted by atomic mass is 16.1. The molecule has 1 aliphatic heterocycles. The molecule has 0 radical (unpaired) electrons. The molecule has 4 nitrogen and oxygen atoms in total. The van der Waals surface area contributed by atoms with Gasteiger partial charge in [-0.15, -0.1) is 0 Å². The predicted molar refractivity (Wildman–Crippen MR) is 73.0 cm³/mol. The van der Waals surface area contributed by atoms with Crippen molar-refractivity contribution >= 4 is 11.6 Å². The van der Waals surface area contributed by atoms with Crippen LogP contribution >= 0.6 is 0 Å². The standard InChI is InChI=1S/C15H20N2O2/c18-14(2-1-12-3-7-16-8-4-12)11-15(19)13-5-9-17-10-6-13/h5-6,9-10,12,16H,1-4,7-8,11H2. The summed E-state index contributed by atoms with van der Waals surface area (Å²) in [6.45, 7) is 2.10. The van der Waals surface area contributed by atoms with Crippen molar-refractivity contribution in [1.82, 2.24) is 10.3 Å². The SMILES string of the molecule is O=C(CCC1CCNCC1)CC(=O)c1ccncc1. The number of ketones is 2. The number of nitrogens with one attached hydrogen (secondary N) is 1. The van der Waals surface area contributed by atoms with E-state index >= 15 is 0 Å². The molecule has 1 N–H and O–H groups in total. The number of aromatic nitrogens is 1. The summed E-state index contributed by atoms with van der Waals surface area (Å²) in [6, 6.07) is 3.31. The van der Waals surface area contributed by atoms with Crippen LogP contribution in [0.3, 0.4) is 0 Å². The molecule has 0 atom stereocenters. The van der Waals surface area contributed by atoms with Crippen LogP contribution < -0.4 is 5.32 Å². The topological polar surface area (TPSA) is 59.1 Å². The third-order valence-electron chi connectivity index (χ3n) is 3.65. The van der Waals surface area contributed by atoms with Gasteiger partial charge in [-0.3, -0.25) is 14.6 Å². The zero-order valence-corrected chi connectivity index (χ0v) is 11.1. The maximum absolute atomic E-state index is 11.8. The quantitative estimate of drug-likeness (QED) is 0.628. The molecule has 0 saturated carbocycles. The minimum Gasteiger partial charge on any atom is -0.317 e. The Kier molecular flexibility index (Phi) is 5.21. The van der Waals surface area contributed by atoms with Gasteiger partial charge in [0, 0.05) is 24.4 Å². The lowest BCUT2D eigenvalue weighted by Crippen LogP contribution is -2.28. The van der Waals surface area contributed by atoms with Crippen LogP contribution in [0.1, 0.15) is 42.5 Å². The monoisotopic (exact) mass is 260 g/mol. The summed E-state index contributed by atoms with van der Waals surface area (Å²) >= 11 is 0. The number of Topliss-reactive ketones (excluding diaryl/α,β-unsaturated/α-hetero) is 2. The molecule has 0 spiro atoms. The minimum atomic E-state index is -0.0993. The summed E-state index contributed by atoms with van der Waals surface area (Å²) in [4.78, 5) is 27.5. The van der Waals surface area contributed by atoms with E-state index in [1.165, 1.54) is 0 Å². The van der Waals surface area contributed by atoms with Gasteiger partial charge in [0.25, 0.3) is 0 Å². The van der Waals surface area contributed by atoms with Crippen molar-refractivity contribution in [2.24, 2.45) is 5.92 Å². The lowest BCUT2D eigenvalue weighted by Gasteiger charge is -2.21. The van der Waals surface area contributed by atoms with Gasteiger partial charge in [-0.1, -0.05) is 0 Å². The van der Waals surface area contributed by atoms with E-state index in [-0.39, 0.29) is 18.0 Å². The van der Waals surface area contributed by atoms with Crippen LogP contribution in [0.25, 0.3) is 0 Å². The van der Waals surface area contributed by atoms with Crippen molar-refractivity contribution in [3.05, 3.63) is 30.1 Å². The summed E-state index contributed by atoms with van der Waals surface area (Å²) in [5.74, 6) is 0.597. The number of piperidine rings is 1. The third kappa shape index (κ3) is 4.56. The Bertz CT molecular complexity index is 425. The van der Waals surface area contributed by atoms with E-state index in [0.717, 1.165) is 32.4 Å². The molecule has 0 amide bonds. The molecule has 1 aliphatic rings. The van der Waals surface area contributed by atoms with Gasteiger partial charge in [-0.2, -0.15) is 0 Å². The van der Waals surface area contributed by atoms with E-state index in [1.807, 2.05) is 0 Å². The van der Waals surface area contributed by atoms with Gasteiger partial charge in [0.2, 0.25) is 0 Å². The second-order valence-corrected chi connectivity index (χ2v) is 5.11. The molecule has 0 bridgehead atoms. The first kappa shape index (κ1) is 13.9. The first-order chi connectivity index (χ1) is 9.25. The van der Waals surface area contributed by atoms with Crippen LogP contribution in [0.4, 0.5) is 0 Å². The Morgan fingerprint density at radius 2 is 1.89 bits per heavy atom. The fraction of sp³-hybridized carbons (Fsp3) is 0.533. The largest absolute Gasteiger partial charge is 0.317 e. The lowest BCUT2D eigenvalue weighted by atomic mass is 9.91. The molecular weight excluding hydrogens is 240 g/mol. The summed E-state index contributed by atoms with van der Waals surface area (Å²) in [5, 5.41) is 3.31. The first-order valence-electron chi connectivity index (χ1n) is 6.91. The number of nitrogens with zero attached hydrogens (tertiary/aromatic N) is 1. The van der Waals surface area contributed by atoms with Gasteiger partial charge in [0.05, 0.1) is 6.42 Å². The van der Waals surface area contributed by atoms with Crippen molar-refractivity contribution in [1.29, 1.82) is 0 Å². The van der Waals surface area contributed by atoms with Gasteiger partial charge in [0.1, 0.15) is 5.78 Å². The molecule has 4 heteroatoms. The second-order valence-electron chi connectivity index (χ2n) is 5.11. The molecule has 19 heavy (non-hydrogen) atoms. The molecule has 2 rings (SSSR count). The normalized spacial score (nSPS) is 16.2. The lowest BCUT2D eigenvalue weighted by molar-refractivity contribution is -0.118. The molecule has 1 fully saturated rings. The molecule has 1 aromatic rings. The minimum absolute atomic E-state index is 0.0228. The Morgan fingerprint density at radius 3 is 2.58 bits per heavy atom. The van der Waals surface area contributed by atoms with E-state index in [2.05, 4.69) is 10.3 Å².